The van der Waals surface area contributed by atoms with Gasteiger partial charge in [-0.3, -0.25) is 0 Å². The zero-order valence-electron chi connectivity index (χ0n) is 8.32. The van der Waals surface area contributed by atoms with Gasteiger partial charge in [-0.25, -0.2) is 0 Å². The summed E-state index contributed by atoms with van der Waals surface area (Å²) < 4.78 is 12.0. The lowest BCUT2D eigenvalue weighted by atomic mass is 9.92. The fourth-order valence-corrected chi connectivity index (χ4v) is 2.57. The largest absolute Gasteiger partial charge is 0.489 e. The third-order valence-electron chi connectivity index (χ3n) is 3.33. The molecule has 2 fully saturated rings. The molecule has 1 saturated carbocycles. The van der Waals surface area contributed by atoms with E-state index < -0.39 is 0 Å². The molecule has 14 heavy (non-hydrogen) atoms. The minimum absolute atomic E-state index is 0.208. The highest BCUT2D eigenvalue weighted by molar-refractivity contribution is 5.19. The Hall–Kier alpha value is -0.760. The molecule has 1 heterocycles. The van der Waals surface area contributed by atoms with E-state index in [9.17, 15) is 0 Å². The molecule has 76 valence electrons. The molecule has 1 saturated heterocycles. The fourth-order valence-electron chi connectivity index (χ4n) is 2.57. The van der Waals surface area contributed by atoms with Crippen molar-refractivity contribution in [1.82, 2.24) is 0 Å². The van der Waals surface area contributed by atoms with Gasteiger partial charge >= 0.3 is 0 Å². The van der Waals surface area contributed by atoms with Crippen molar-refractivity contribution >= 4 is 0 Å². The maximum Gasteiger partial charge on any atom is 0.126 e. The van der Waals surface area contributed by atoms with E-state index in [4.69, 9.17) is 9.47 Å². The Kier molecular flexibility index (Phi) is 2.09. The SMILES string of the molecule is C1=CCC2OC3CCCCC3OC2=C1. The van der Waals surface area contributed by atoms with Crippen molar-refractivity contribution in [3.63, 3.8) is 0 Å². The highest BCUT2D eigenvalue weighted by atomic mass is 16.6. The van der Waals surface area contributed by atoms with Crippen LogP contribution >= 0.6 is 0 Å². The van der Waals surface area contributed by atoms with Crippen molar-refractivity contribution in [1.29, 1.82) is 0 Å². The maximum absolute atomic E-state index is 6.05. The van der Waals surface area contributed by atoms with Crippen LogP contribution in [0.4, 0.5) is 0 Å². The topological polar surface area (TPSA) is 18.5 Å². The standard InChI is InChI=1S/C12H16O2/c1-2-6-10-9(5-1)13-11-7-3-4-8-12(11)14-10/h1-2,5,10-12H,3-4,6-8H2. The van der Waals surface area contributed by atoms with Crippen molar-refractivity contribution in [2.24, 2.45) is 0 Å². The molecule has 0 amide bonds. The lowest BCUT2D eigenvalue weighted by Gasteiger charge is -2.41. The Morgan fingerprint density at radius 2 is 2.00 bits per heavy atom. The van der Waals surface area contributed by atoms with E-state index in [-0.39, 0.29) is 6.10 Å². The predicted molar refractivity (Wildman–Crippen MR) is 53.8 cm³/mol. The second-order valence-corrected chi connectivity index (χ2v) is 4.34. The summed E-state index contributed by atoms with van der Waals surface area (Å²) in [6.45, 7) is 0. The van der Waals surface area contributed by atoms with Crippen LogP contribution in [0.5, 0.6) is 0 Å². The van der Waals surface area contributed by atoms with Gasteiger partial charge in [-0.1, -0.05) is 18.6 Å². The second kappa shape index (κ2) is 3.43. The molecular weight excluding hydrogens is 176 g/mol. The Balaban J connectivity index is 1.78. The monoisotopic (exact) mass is 192 g/mol. The summed E-state index contributed by atoms with van der Waals surface area (Å²) >= 11 is 0. The molecule has 0 aromatic carbocycles. The lowest BCUT2D eigenvalue weighted by molar-refractivity contribution is -0.155. The van der Waals surface area contributed by atoms with Crippen LogP contribution in [0.1, 0.15) is 32.1 Å². The molecule has 1 aliphatic heterocycles. The number of allylic oxidation sites excluding steroid dienone is 2. The minimum Gasteiger partial charge on any atom is -0.489 e. The molecule has 0 radical (unpaired) electrons. The Labute approximate surface area is 84.6 Å². The molecule has 2 heteroatoms. The number of hydrogen-bond donors (Lipinski definition) is 0. The summed E-state index contributed by atoms with van der Waals surface area (Å²) in [5.74, 6) is 1.05. The maximum atomic E-state index is 6.05. The van der Waals surface area contributed by atoms with Crippen molar-refractivity contribution in [3.05, 3.63) is 24.0 Å². The summed E-state index contributed by atoms with van der Waals surface area (Å²) in [5.41, 5.74) is 0. The fraction of sp³-hybridized carbons (Fsp3) is 0.667. The molecule has 2 aliphatic carbocycles. The molecule has 0 aromatic rings. The first-order valence-corrected chi connectivity index (χ1v) is 5.62. The summed E-state index contributed by atoms with van der Waals surface area (Å²) in [5, 5.41) is 0. The van der Waals surface area contributed by atoms with Gasteiger partial charge in [0.05, 0.1) is 6.10 Å². The molecule has 3 unspecified atom stereocenters. The van der Waals surface area contributed by atoms with Crippen LogP contribution in [0.3, 0.4) is 0 Å². The first-order valence-electron chi connectivity index (χ1n) is 5.62. The molecule has 0 aromatic heterocycles. The third-order valence-corrected chi connectivity index (χ3v) is 3.33. The highest BCUT2D eigenvalue weighted by Crippen LogP contribution is 2.34. The quantitative estimate of drug-likeness (QED) is 0.587. The van der Waals surface area contributed by atoms with Crippen LogP contribution in [0.15, 0.2) is 24.0 Å². The van der Waals surface area contributed by atoms with Crippen LogP contribution in [0.25, 0.3) is 0 Å². The number of hydrogen-bond acceptors (Lipinski definition) is 2. The highest BCUT2D eigenvalue weighted by Gasteiger charge is 2.37. The first-order chi connectivity index (χ1) is 6.93. The summed E-state index contributed by atoms with van der Waals surface area (Å²) in [7, 11) is 0. The van der Waals surface area contributed by atoms with Crippen molar-refractivity contribution < 1.29 is 9.47 Å². The van der Waals surface area contributed by atoms with Crippen molar-refractivity contribution in [2.75, 3.05) is 0 Å². The van der Waals surface area contributed by atoms with Crippen LogP contribution in [-0.2, 0) is 9.47 Å². The average molecular weight is 192 g/mol. The van der Waals surface area contributed by atoms with Gasteiger partial charge < -0.3 is 9.47 Å². The van der Waals surface area contributed by atoms with Gasteiger partial charge in [-0.05, 0) is 31.8 Å². The van der Waals surface area contributed by atoms with Gasteiger partial charge in [0.15, 0.2) is 0 Å². The third kappa shape index (κ3) is 1.38. The molecule has 0 spiro atoms. The number of rotatable bonds is 0. The number of fused-ring (bicyclic) bond motifs is 2. The van der Waals surface area contributed by atoms with Gasteiger partial charge in [0.1, 0.15) is 18.0 Å². The Bertz CT molecular complexity index is 280. The van der Waals surface area contributed by atoms with Crippen LogP contribution in [-0.4, -0.2) is 18.3 Å². The molecule has 3 rings (SSSR count). The zero-order chi connectivity index (χ0) is 9.38. The van der Waals surface area contributed by atoms with Crippen molar-refractivity contribution in [3.8, 4) is 0 Å². The number of ether oxygens (including phenoxy) is 2. The first kappa shape index (κ1) is 8.54. The van der Waals surface area contributed by atoms with E-state index in [0.717, 1.165) is 12.2 Å². The lowest BCUT2D eigenvalue weighted by Crippen LogP contribution is -2.44. The van der Waals surface area contributed by atoms with Gasteiger partial charge in [0, 0.05) is 0 Å². The zero-order valence-corrected chi connectivity index (χ0v) is 8.32. The summed E-state index contributed by atoms with van der Waals surface area (Å²) in [4.78, 5) is 0. The van der Waals surface area contributed by atoms with Gasteiger partial charge in [0.2, 0.25) is 0 Å². The smallest absolute Gasteiger partial charge is 0.126 e. The van der Waals surface area contributed by atoms with E-state index in [0.29, 0.717) is 12.2 Å². The van der Waals surface area contributed by atoms with Crippen LogP contribution in [0.2, 0.25) is 0 Å². The van der Waals surface area contributed by atoms with Gasteiger partial charge in [-0.2, -0.15) is 0 Å². The molecule has 3 atom stereocenters. The van der Waals surface area contributed by atoms with E-state index in [1.54, 1.807) is 0 Å². The normalized spacial score (nSPS) is 40.6. The van der Waals surface area contributed by atoms with E-state index >= 15 is 0 Å². The van der Waals surface area contributed by atoms with E-state index in [2.05, 4.69) is 18.2 Å². The summed E-state index contributed by atoms with van der Waals surface area (Å²) in [6.07, 6.45) is 13.1. The molecule has 0 bridgehead atoms. The van der Waals surface area contributed by atoms with Gasteiger partial charge in [0.25, 0.3) is 0 Å². The summed E-state index contributed by atoms with van der Waals surface area (Å²) in [6, 6.07) is 0. The minimum atomic E-state index is 0.208. The van der Waals surface area contributed by atoms with Crippen molar-refractivity contribution in [2.45, 2.75) is 50.4 Å². The van der Waals surface area contributed by atoms with E-state index in [1.165, 1.54) is 25.7 Å². The molecule has 2 nitrogen and oxygen atoms in total. The van der Waals surface area contributed by atoms with Crippen LogP contribution in [0, 0.1) is 0 Å². The van der Waals surface area contributed by atoms with Gasteiger partial charge in [-0.15, -0.1) is 0 Å². The molecule has 0 N–H and O–H groups in total. The Morgan fingerprint density at radius 3 is 2.93 bits per heavy atom. The Morgan fingerprint density at radius 1 is 1.14 bits per heavy atom. The average Bonchev–Trinajstić information content (AvgIpc) is 2.26. The second-order valence-electron chi connectivity index (χ2n) is 4.34. The predicted octanol–water partition coefficient (Wildman–Crippen LogP) is 2.56. The molecule has 3 aliphatic rings. The van der Waals surface area contributed by atoms with E-state index in [1.807, 2.05) is 0 Å². The van der Waals surface area contributed by atoms with Crippen LogP contribution < -0.4 is 0 Å². The molecular formula is C12H16O2.